The molecule has 0 fully saturated rings. The van der Waals surface area contributed by atoms with Crippen molar-refractivity contribution in [1.82, 2.24) is 15.6 Å². The third kappa shape index (κ3) is 2.83. The maximum atomic E-state index is 11.8. The molecule has 1 aromatic heterocycles. The summed E-state index contributed by atoms with van der Waals surface area (Å²) in [6, 6.07) is 1.67. The molecule has 3 N–H and O–H groups in total. The Morgan fingerprint density at radius 1 is 1.56 bits per heavy atom. The Kier molecular flexibility index (Phi) is 4.22. The molecule has 1 aliphatic rings. The third-order valence-electron chi connectivity index (χ3n) is 2.81. The molecule has 0 atom stereocenters. The van der Waals surface area contributed by atoms with Gasteiger partial charge < -0.3 is 15.6 Å². The molecular weight excluding hydrogens is 250 g/mol. The second kappa shape index (κ2) is 5.88. The molecule has 1 aliphatic heterocycles. The Labute approximate surface area is 110 Å². The minimum atomic E-state index is -0.365. The average Bonchev–Trinajstić information content (AvgIpc) is 2.38. The van der Waals surface area contributed by atoms with Crippen LogP contribution in [0.15, 0.2) is 22.3 Å². The topological polar surface area (TPSA) is 74.0 Å². The lowest BCUT2D eigenvalue weighted by Crippen LogP contribution is -2.33. The molecule has 5 nitrogen and oxygen atoms in total. The smallest absolute Gasteiger partial charge is 0.261 e. The number of hydrogen-bond acceptors (Lipinski definition) is 4. The van der Waals surface area contributed by atoms with E-state index in [2.05, 4.69) is 28.2 Å². The van der Waals surface area contributed by atoms with E-state index in [0.717, 1.165) is 24.2 Å². The van der Waals surface area contributed by atoms with Crippen LogP contribution in [0.4, 0.5) is 0 Å². The number of fused-ring (bicyclic) bond motifs is 1. The number of carbonyl (C=O) groups is 1. The summed E-state index contributed by atoms with van der Waals surface area (Å²) in [5, 5.41) is 7.38. The Bertz CT molecular complexity index is 537. The highest BCUT2D eigenvalue weighted by atomic mass is 32.1. The Morgan fingerprint density at radius 2 is 2.39 bits per heavy atom. The highest BCUT2D eigenvalue weighted by molar-refractivity contribution is 7.83. The summed E-state index contributed by atoms with van der Waals surface area (Å²) in [7, 11) is 0. The first-order valence-electron chi connectivity index (χ1n) is 5.75. The Morgan fingerprint density at radius 3 is 3.17 bits per heavy atom. The summed E-state index contributed by atoms with van der Waals surface area (Å²) in [6.45, 7) is 1.89. The van der Waals surface area contributed by atoms with Crippen LogP contribution in [-0.4, -0.2) is 24.0 Å². The van der Waals surface area contributed by atoms with Crippen molar-refractivity contribution in [3.8, 4) is 0 Å². The molecule has 1 aromatic rings. The number of pyridine rings is 1. The van der Waals surface area contributed by atoms with E-state index in [1.807, 2.05) is 0 Å². The van der Waals surface area contributed by atoms with Gasteiger partial charge in [-0.25, -0.2) is 0 Å². The van der Waals surface area contributed by atoms with Crippen LogP contribution in [0.5, 0.6) is 0 Å². The fourth-order valence-corrected chi connectivity index (χ4v) is 2.00. The average molecular weight is 265 g/mol. The van der Waals surface area contributed by atoms with Gasteiger partial charge in [-0.05, 0) is 17.0 Å². The van der Waals surface area contributed by atoms with E-state index >= 15 is 0 Å². The van der Waals surface area contributed by atoms with Gasteiger partial charge >= 0.3 is 0 Å². The molecule has 0 radical (unpaired) electrons. The van der Waals surface area contributed by atoms with Gasteiger partial charge in [0.1, 0.15) is 5.56 Å². The molecule has 0 unspecified atom stereocenters. The van der Waals surface area contributed by atoms with Crippen LogP contribution in [0.3, 0.4) is 0 Å². The van der Waals surface area contributed by atoms with Gasteiger partial charge in [-0.1, -0.05) is 6.08 Å². The van der Waals surface area contributed by atoms with E-state index in [0.29, 0.717) is 13.1 Å². The van der Waals surface area contributed by atoms with Crippen molar-refractivity contribution in [1.29, 1.82) is 0 Å². The number of thiol groups is 1. The molecule has 18 heavy (non-hydrogen) atoms. The van der Waals surface area contributed by atoms with Crippen molar-refractivity contribution in [2.24, 2.45) is 0 Å². The van der Waals surface area contributed by atoms with Crippen LogP contribution in [0.25, 0.3) is 0 Å². The van der Waals surface area contributed by atoms with Crippen molar-refractivity contribution in [2.75, 3.05) is 13.1 Å². The standard InChI is InChI=1S/C12H15N3O2S/c16-11(14-3-1-5-18)9-6-8-7-13-4-2-10(8)15-12(9)17/h1,5-6,13,18H,2-4,7H2,(H,14,16)(H,15,17)/b5-1+. The number of aromatic amines is 1. The molecule has 2 heterocycles. The number of H-pyrrole nitrogens is 1. The molecule has 96 valence electrons. The summed E-state index contributed by atoms with van der Waals surface area (Å²) in [6.07, 6.45) is 2.48. The predicted octanol–water partition coefficient (Wildman–Crippen LogP) is 0.194. The first-order valence-corrected chi connectivity index (χ1v) is 6.27. The molecule has 2 rings (SSSR count). The lowest BCUT2D eigenvalue weighted by Gasteiger charge is -2.17. The SMILES string of the molecule is O=C(NC/C=C/S)c1cc2c([nH]c1=O)CCNC2. The van der Waals surface area contributed by atoms with Gasteiger partial charge in [0.15, 0.2) is 0 Å². The van der Waals surface area contributed by atoms with Gasteiger partial charge in [0.05, 0.1) is 0 Å². The van der Waals surface area contributed by atoms with Crippen molar-refractivity contribution in [2.45, 2.75) is 13.0 Å². The Hall–Kier alpha value is -1.53. The maximum absolute atomic E-state index is 11.8. The summed E-state index contributed by atoms with van der Waals surface area (Å²) in [4.78, 5) is 26.4. The normalized spacial score (nSPS) is 14.5. The van der Waals surface area contributed by atoms with Crippen molar-refractivity contribution >= 4 is 18.5 Å². The lowest BCUT2D eigenvalue weighted by atomic mass is 10.0. The quantitative estimate of drug-likeness (QED) is 0.590. The molecule has 0 aromatic carbocycles. The van der Waals surface area contributed by atoms with Gasteiger partial charge in [0, 0.05) is 31.7 Å². The monoisotopic (exact) mass is 265 g/mol. The van der Waals surface area contributed by atoms with Gasteiger partial charge in [-0.2, -0.15) is 12.6 Å². The van der Waals surface area contributed by atoms with Crippen LogP contribution in [0.1, 0.15) is 21.6 Å². The van der Waals surface area contributed by atoms with Crippen LogP contribution >= 0.6 is 12.6 Å². The van der Waals surface area contributed by atoms with E-state index in [1.165, 1.54) is 0 Å². The first kappa shape index (κ1) is 12.9. The second-order valence-corrected chi connectivity index (χ2v) is 4.34. The number of carbonyl (C=O) groups excluding carboxylic acids is 1. The maximum Gasteiger partial charge on any atom is 0.261 e. The zero-order valence-electron chi connectivity index (χ0n) is 9.82. The van der Waals surface area contributed by atoms with Crippen molar-refractivity contribution in [3.63, 3.8) is 0 Å². The third-order valence-corrected chi connectivity index (χ3v) is 3.02. The number of aromatic nitrogens is 1. The van der Waals surface area contributed by atoms with Crippen LogP contribution in [-0.2, 0) is 13.0 Å². The minimum Gasteiger partial charge on any atom is -0.348 e. The molecule has 0 saturated heterocycles. The van der Waals surface area contributed by atoms with Crippen LogP contribution in [0.2, 0.25) is 0 Å². The summed E-state index contributed by atoms with van der Waals surface area (Å²) >= 11 is 3.89. The fourth-order valence-electron chi connectivity index (χ4n) is 1.90. The molecule has 0 aliphatic carbocycles. The number of amides is 1. The number of hydrogen-bond donors (Lipinski definition) is 4. The van der Waals surface area contributed by atoms with E-state index in [-0.39, 0.29) is 17.0 Å². The number of nitrogens with one attached hydrogen (secondary N) is 3. The van der Waals surface area contributed by atoms with E-state index in [4.69, 9.17) is 0 Å². The van der Waals surface area contributed by atoms with Gasteiger partial charge in [0.2, 0.25) is 0 Å². The minimum absolute atomic E-state index is 0.157. The van der Waals surface area contributed by atoms with Crippen molar-refractivity contribution in [3.05, 3.63) is 44.7 Å². The fraction of sp³-hybridized carbons (Fsp3) is 0.333. The van der Waals surface area contributed by atoms with Crippen LogP contribution in [0, 0.1) is 0 Å². The van der Waals surface area contributed by atoms with Gasteiger partial charge in [-0.3, -0.25) is 9.59 Å². The molecular formula is C12H15N3O2S. The molecule has 0 spiro atoms. The summed E-state index contributed by atoms with van der Waals surface area (Å²) in [5.41, 5.74) is 1.73. The molecule has 1 amide bonds. The molecule has 0 saturated carbocycles. The molecule has 0 bridgehead atoms. The van der Waals surface area contributed by atoms with Gasteiger partial charge in [-0.15, -0.1) is 0 Å². The highest BCUT2D eigenvalue weighted by Gasteiger charge is 2.16. The van der Waals surface area contributed by atoms with E-state index < -0.39 is 0 Å². The first-order chi connectivity index (χ1) is 8.72. The molecule has 6 heteroatoms. The summed E-state index contributed by atoms with van der Waals surface area (Å²) in [5.74, 6) is -0.365. The van der Waals surface area contributed by atoms with Crippen molar-refractivity contribution < 1.29 is 4.79 Å². The van der Waals surface area contributed by atoms with E-state index in [1.54, 1.807) is 17.6 Å². The Balaban J connectivity index is 2.22. The zero-order chi connectivity index (χ0) is 13.0. The largest absolute Gasteiger partial charge is 0.348 e. The van der Waals surface area contributed by atoms with E-state index in [9.17, 15) is 9.59 Å². The van der Waals surface area contributed by atoms with Crippen LogP contribution < -0.4 is 16.2 Å². The predicted molar refractivity (Wildman–Crippen MR) is 72.9 cm³/mol. The zero-order valence-corrected chi connectivity index (χ0v) is 10.7. The second-order valence-electron chi connectivity index (χ2n) is 4.04. The lowest BCUT2D eigenvalue weighted by molar-refractivity contribution is 0.0956. The highest BCUT2D eigenvalue weighted by Crippen LogP contribution is 2.10. The number of rotatable bonds is 3. The summed E-state index contributed by atoms with van der Waals surface area (Å²) < 4.78 is 0. The van der Waals surface area contributed by atoms with Gasteiger partial charge in [0.25, 0.3) is 11.5 Å².